The Morgan fingerprint density at radius 1 is 1.64 bits per heavy atom. The van der Waals surface area contributed by atoms with E-state index < -0.39 is 0 Å². The highest BCUT2D eigenvalue weighted by molar-refractivity contribution is 6.02. The van der Waals surface area contributed by atoms with Crippen LogP contribution in [0.3, 0.4) is 0 Å². The molecule has 1 saturated carbocycles. The van der Waals surface area contributed by atoms with Gasteiger partial charge in [-0.1, -0.05) is 5.21 Å². The second kappa shape index (κ2) is 3.16. The molecular weight excluding hydrogens is 180 g/mol. The number of hydrogen-bond acceptors (Lipinski definition) is 4. The summed E-state index contributed by atoms with van der Waals surface area (Å²) in [5.41, 5.74) is 0.0947. The van der Waals surface area contributed by atoms with Gasteiger partial charge in [0.2, 0.25) is 5.78 Å². The number of likely N-dealkylation sites (N-methyl/N-ethyl adjacent to an activating group) is 1. The largest absolute Gasteiger partial charge is 0.308 e. The van der Waals surface area contributed by atoms with Crippen LogP contribution in [0.1, 0.15) is 29.8 Å². The van der Waals surface area contributed by atoms with E-state index >= 15 is 0 Å². The summed E-state index contributed by atoms with van der Waals surface area (Å²) in [4.78, 5) is 12.0. The highest BCUT2D eigenvalue weighted by Gasteiger charge is 2.43. The molecule has 1 aliphatic carbocycles. The minimum atomic E-state index is -0.365. The van der Waals surface area contributed by atoms with E-state index in [1.54, 1.807) is 17.9 Å². The molecule has 0 saturated heterocycles. The van der Waals surface area contributed by atoms with Gasteiger partial charge in [-0.15, -0.1) is 5.10 Å². The zero-order chi connectivity index (χ0) is 10.2. The number of rotatable bonds is 3. The van der Waals surface area contributed by atoms with Gasteiger partial charge in [0.15, 0.2) is 5.69 Å². The molecule has 5 heteroatoms. The maximum atomic E-state index is 12.0. The lowest BCUT2D eigenvalue weighted by Crippen LogP contribution is -2.55. The first-order valence-electron chi connectivity index (χ1n) is 4.78. The molecule has 0 amide bonds. The van der Waals surface area contributed by atoms with Gasteiger partial charge in [0, 0.05) is 7.05 Å². The third-order valence-electron chi connectivity index (χ3n) is 2.96. The van der Waals surface area contributed by atoms with Crippen LogP contribution in [0.5, 0.6) is 0 Å². The minimum Gasteiger partial charge on any atom is -0.308 e. The molecule has 0 unspecified atom stereocenters. The van der Waals surface area contributed by atoms with Crippen molar-refractivity contribution in [1.82, 2.24) is 20.3 Å². The first-order valence-corrected chi connectivity index (χ1v) is 4.78. The lowest BCUT2D eigenvalue weighted by atomic mass is 9.73. The second-order valence-corrected chi connectivity index (χ2v) is 3.79. The van der Waals surface area contributed by atoms with Gasteiger partial charge >= 0.3 is 0 Å². The monoisotopic (exact) mass is 194 g/mol. The average molecular weight is 194 g/mol. The van der Waals surface area contributed by atoms with Gasteiger partial charge in [0.1, 0.15) is 0 Å². The highest BCUT2D eigenvalue weighted by atomic mass is 16.1. The molecule has 0 aromatic carbocycles. The molecule has 0 radical (unpaired) electrons. The summed E-state index contributed by atoms with van der Waals surface area (Å²) < 4.78 is 1.55. The van der Waals surface area contributed by atoms with Crippen molar-refractivity contribution in [1.29, 1.82) is 0 Å². The van der Waals surface area contributed by atoms with Crippen molar-refractivity contribution in [2.24, 2.45) is 7.05 Å². The van der Waals surface area contributed by atoms with Crippen LogP contribution in [0.15, 0.2) is 6.20 Å². The minimum absolute atomic E-state index is 0.0688. The fourth-order valence-electron chi connectivity index (χ4n) is 1.82. The second-order valence-electron chi connectivity index (χ2n) is 3.79. The summed E-state index contributed by atoms with van der Waals surface area (Å²) >= 11 is 0. The average Bonchev–Trinajstić information content (AvgIpc) is 2.50. The van der Waals surface area contributed by atoms with Gasteiger partial charge in [-0.3, -0.25) is 9.48 Å². The number of carbonyl (C=O) groups is 1. The Morgan fingerprint density at radius 2 is 2.36 bits per heavy atom. The molecule has 1 aromatic heterocycles. The zero-order valence-electron chi connectivity index (χ0n) is 8.45. The van der Waals surface area contributed by atoms with Crippen LogP contribution in [0.4, 0.5) is 0 Å². The predicted molar refractivity (Wildman–Crippen MR) is 51.0 cm³/mol. The van der Waals surface area contributed by atoms with Crippen LogP contribution in [0, 0.1) is 0 Å². The van der Waals surface area contributed by atoms with Crippen LogP contribution >= 0.6 is 0 Å². The summed E-state index contributed by atoms with van der Waals surface area (Å²) in [6.07, 6.45) is 4.57. The summed E-state index contributed by atoms with van der Waals surface area (Å²) in [6.45, 7) is 0. The van der Waals surface area contributed by atoms with Crippen molar-refractivity contribution >= 4 is 5.78 Å². The van der Waals surface area contributed by atoms with Crippen LogP contribution in [-0.2, 0) is 7.05 Å². The van der Waals surface area contributed by atoms with Crippen LogP contribution in [0.2, 0.25) is 0 Å². The quantitative estimate of drug-likeness (QED) is 0.695. The molecular formula is C9H14N4O. The number of Topliss-reactive ketones (excluding diaryl/α,β-unsaturated/α-hetero) is 1. The van der Waals surface area contributed by atoms with Gasteiger partial charge in [-0.25, -0.2) is 0 Å². The fraction of sp³-hybridized carbons (Fsp3) is 0.667. The molecule has 5 nitrogen and oxygen atoms in total. The lowest BCUT2D eigenvalue weighted by Gasteiger charge is -2.39. The van der Waals surface area contributed by atoms with Crippen LogP contribution in [0.25, 0.3) is 0 Å². The Labute approximate surface area is 82.5 Å². The maximum Gasteiger partial charge on any atom is 0.204 e. The molecule has 0 spiro atoms. The molecule has 1 aliphatic rings. The summed E-state index contributed by atoms with van der Waals surface area (Å²) in [5, 5.41) is 10.7. The number of carbonyl (C=O) groups excluding carboxylic acids is 1. The molecule has 1 aromatic rings. The van der Waals surface area contributed by atoms with Gasteiger partial charge in [-0.2, -0.15) is 0 Å². The number of aromatic nitrogens is 3. The number of ketones is 1. The molecule has 0 bridgehead atoms. The molecule has 0 aliphatic heterocycles. The van der Waals surface area contributed by atoms with E-state index in [4.69, 9.17) is 0 Å². The highest BCUT2D eigenvalue weighted by Crippen LogP contribution is 2.33. The Balaban J connectivity index is 2.23. The van der Waals surface area contributed by atoms with Crippen molar-refractivity contribution < 1.29 is 4.79 Å². The van der Waals surface area contributed by atoms with Crippen molar-refractivity contribution in [3.63, 3.8) is 0 Å². The van der Waals surface area contributed by atoms with Crippen LogP contribution in [-0.4, -0.2) is 33.4 Å². The number of nitrogens with zero attached hydrogens (tertiary/aromatic N) is 3. The number of nitrogens with one attached hydrogen (secondary N) is 1. The number of aryl methyl sites for hydroxylation is 1. The standard InChI is InChI=1S/C9H14N4O/c1-10-9(4-3-5-9)8(14)7-6-13(2)12-11-7/h6,10H,3-5H2,1-2H3. The number of hydrogen-bond donors (Lipinski definition) is 1. The topological polar surface area (TPSA) is 59.8 Å². The molecule has 1 heterocycles. The molecule has 2 rings (SSSR count). The van der Waals surface area contributed by atoms with Gasteiger partial charge in [0.05, 0.1) is 11.7 Å². The van der Waals surface area contributed by atoms with E-state index in [2.05, 4.69) is 15.6 Å². The van der Waals surface area contributed by atoms with Gasteiger partial charge in [-0.05, 0) is 26.3 Å². The van der Waals surface area contributed by atoms with Gasteiger partial charge < -0.3 is 5.32 Å². The Kier molecular flexibility index (Phi) is 2.11. The summed E-state index contributed by atoms with van der Waals surface area (Å²) in [6, 6.07) is 0. The first-order chi connectivity index (χ1) is 6.68. The van der Waals surface area contributed by atoms with Crippen molar-refractivity contribution in [3.8, 4) is 0 Å². The summed E-state index contributed by atoms with van der Waals surface area (Å²) in [5.74, 6) is 0.0688. The molecule has 1 fully saturated rings. The molecule has 0 atom stereocenters. The van der Waals surface area contributed by atoms with Crippen molar-refractivity contribution in [3.05, 3.63) is 11.9 Å². The van der Waals surface area contributed by atoms with E-state index in [9.17, 15) is 4.79 Å². The predicted octanol–water partition coefficient (Wildman–Crippen LogP) is 0.140. The maximum absolute atomic E-state index is 12.0. The van der Waals surface area contributed by atoms with E-state index in [1.807, 2.05) is 7.05 Å². The SMILES string of the molecule is CNC1(C(=O)c2cn(C)nn2)CCC1. The molecule has 1 N–H and O–H groups in total. The zero-order valence-corrected chi connectivity index (χ0v) is 8.45. The van der Waals surface area contributed by atoms with E-state index in [0.29, 0.717) is 5.69 Å². The first kappa shape index (κ1) is 9.33. The Morgan fingerprint density at radius 3 is 2.71 bits per heavy atom. The third-order valence-corrected chi connectivity index (χ3v) is 2.96. The van der Waals surface area contributed by atoms with Gasteiger partial charge in [0.25, 0.3) is 0 Å². The van der Waals surface area contributed by atoms with E-state index in [1.165, 1.54) is 0 Å². The Bertz CT molecular complexity index is 348. The lowest BCUT2D eigenvalue weighted by molar-refractivity contribution is 0.0740. The summed E-state index contributed by atoms with van der Waals surface area (Å²) in [7, 11) is 3.59. The molecule has 76 valence electrons. The van der Waals surface area contributed by atoms with Crippen molar-refractivity contribution in [2.75, 3.05) is 7.05 Å². The third kappa shape index (κ3) is 1.24. The fourth-order valence-corrected chi connectivity index (χ4v) is 1.82. The molecule has 14 heavy (non-hydrogen) atoms. The Hall–Kier alpha value is -1.23. The van der Waals surface area contributed by atoms with Crippen molar-refractivity contribution in [2.45, 2.75) is 24.8 Å². The smallest absolute Gasteiger partial charge is 0.204 e. The van der Waals surface area contributed by atoms with E-state index in [0.717, 1.165) is 19.3 Å². The normalized spacial score (nSPS) is 19.0. The van der Waals surface area contributed by atoms with Crippen LogP contribution < -0.4 is 5.32 Å². The van der Waals surface area contributed by atoms with E-state index in [-0.39, 0.29) is 11.3 Å².